The smallest absolute Gasteiger partial charge is 0.265 e. The summed E-state index contributed by atoms with van der Waals surface area (Å²) in [6, 6.07) is 9.20. The number of anilines is 1. The van der Waals surface area contributed by atoms with Crippen LogP contribution in [0.3, 0.4) is 0 Å². The molecule has 146 valence electrons. The molecule has 0 saturated heterocycles. The number of carbonyl (C=O) groups is 1. The Labute approximate surface area is 169 Å². The van der Waals surface area contributed by atoms with Gasteiger partial charge in [-0.3, -0.25) is 4.79 Å². The second-order valence-corrected chi connectivity index (χ2v) is 9.14. The van der Waals surface area contributed by atoms with Gasteiger partial charge < -0.3 is 10.1 Å². The van der Waals surface area contributed by atoms with E-state index < -0.39 is 22.0 Å². The van der Waals surface area contributed by atoms with Crippen LogP contribution < -0.4 is 10.1 Å². The van der Waals surface area contributed by atoms with Gasteiger partial charge in [0.2, 0.25) is 10.0 Å². The average Bonchev–Trinajstić information content (AvgIpc) is 2.55. The number of rotatable bonds is 6. The van der Waals surface area contributed by atoms with Crippen LogP contribution in [0.5, 0.6) is 5.75 Å². The molecule has 0 heterocycles. The molecule has 0 saturated carbocycles. The number of aryl methyl sites for hydroxylation is 1. The first-order valence-electron chi connectivity index (χ1n) is 7.97. The van der Waals surface area contributed by atoms with E-state index in [9.17, 15) is 13.2 Å². The molecular weight excluding hydrogens is 411 g/mol. The Bertz CT molecular complexity index is 942. The number of ether oxygens (including phenoxy) is 1. The molecule has 0 bridgehead atoms. The molecule has 0 aromatic heterocycles. The molecule has 0 fully saturated rings. The topological polar surface area (TPSA) is 75.7 Å². The van der Waals surface area contributed by atoms with E-state index in [0.29, 0.717) is 21.5 Å². The van der Waals surface area contributed by atoms with Crippen molar-refractivity contribution in [3.63, 3.8) is 0 Å². The van der Waals surface area contributed by atoms with Crippen LogP contribution in [0.1, 0.15) is 12.5 Å². The summed E-state index contributed by atoms with van der Waals surface area (Å²) in [4.78, 5) is 12.6. The van der Waals surface area contributed by atoms with Crippen molar-refractivity contribution in [1.82, 2.24) is 4.31 Å². The minimum Gasteiger partial charge on any atom is -0.481 e. The summed E-state index contributed by atoms with van der Waals surface area (Å²) in [5, 5.41) is 3.48. The highest BCUT2D eigenvalue weighted by Gasteiger charge is 2.20. The van der Waals surface area contributed by atoms with Crippen molar-refractivity contribution in [2.24, 2.45) is 0 Å². The van der Waals surface area contributed by atoms with Gasteiger partial charge in [-0.25, -0.2) is 12.7 Å². The molecule has 1 unspecified atom stereocenters. The van der Waals surface area contributed by atoms with Crippen LogP contribution in [0, 0.1) is 6.92 Å². The molecule has 0 spiro atoms. The number of sulfonamides is 1. The number of hydrogen-bond donors (Lipinski definition) is 1. The maximum atomic E-state index is 12.5. The zero-order valence-corrected chi connectivity index (χ0v) is 17.6. The van der Waals surface area contributed by atoms with Gasteiger partial charge in [0.25, 0.3) is 5.91 Å². The third kappa shape index (κ3) is 5.35. The quantitative estimate of drug-likeness (QED) is 0.752. The molecule has 2 rings (SSSR count). The van der Waals surface area contributed by atoms with E-state index in [1.54, 1.807) is 38.1 Å². The lowest BCUT2D eigenvalue weighted by Crippen LogP contribution is -2.30. The lowest BCUT2D eigenvalue weighted by atomic mass is 10.2. The van der Waals surface area contributed by atoms with E-state index in [1.807, 2.05) is 0 Å². The third-order valence-corrected chi connectivity index (χ3v) is 6.01. The van der Waals surface area contributed by atoms with E-state index in [2.05, 4.69) is 5.32 Å². The predicted octanol–water partition coefficient (Wildman–Crippen LogP) is 3.96. The van der Waals surface area contributed by atoms with Crippen LogP contribution in [0.4, 0.5) is 5.69 Å². The molecule has 2 aromatic carbocycles. The first kappa shape index (κ1) is 21.5. The van der Waals surface area contributed by atoms with Crippen LogP contribution in [0.2, 0.25) is 10.0 Å². The van der Waals surface area contributed by atoms with Crippen LogP contribution in [0.25, 0.3) is 0 Å². The normalized spacial score (nSPS) is 12.7. The minimum absolute atomic E-state index is 0.0867. The van der Waals surface area contributed by atoms with Crippen molar-refractivity contribution in [2.75, 3.05) is 19.4 Å². The molecular formula is C18H20Cl2N2O4S. The largest absolute Gasteiger partial charge is 0.481 e. The van der Waals surface area contributed by atoms with Crippen molar-refractivity contribution in [2.45, 2.75) is 24.8 Å². The highest BCUT2D eigenvalue weighted by atomic mass is 35.5. The summed E-state index contributed by atoms with van der Waals surface area (Å²) in [6.45, 7) is 3.34. The van der Waals surface area contributed by atoms with Crippen molar-refractivity contribution >= 4 is 44.8 Å². The van der Waals surface area contributed by atoms with Gasteiger partial charge in [0, 0.05) is 29.8 Å². The van der Waals surface area contributed by atoms with E-state index in [0.717, 1.165) is 9.87 Å². The number of nitrogens with one attached hydrogen (secondary N) is 1. The maximum absolute atomic E-state index is 12.5. The summed E-state index contributed by atoms with van der Waals surface area (Å²) in [6.07, 6.45) is -0.854. The molecule has 0 aliphatic heterocycles. The van der Waals surface area contributed by atoms with Gasteiger partial charge >= 0.3 is 0 Å². The molecule has 0 aliphatic rings. The lowest BCUT2D eigenvalue weighted by Gasteiger charge is -2.17. The molecule has 0 radical (unpaired) electrons. The van der Waals surface area contributed by atoms with Crippen molar-refractivity contribution in [1.29, 1.82) is 0 Å². The third-order valence-electron chi connectivity index (χ3n) is 3.76. The predicted molar refractivity (Wildman–Crippen MR) is 107 cm³/mol. The molecule has 1 N–H and O–H groups in total. The number of carbonyl (C=O) groups excluding carboxylic acids is 1. The molecule has 2 aromatic rings. The van der Waals surface area contributed by atoms with Crippen LogP contribution in [-0.4, -0.2) is 38.8 Å². The van der Waals surface area contributed by atoms with Gasteiger partial charge in [-0.05, 0) is 49.7 Å². The van der Waals surface area contributed by atoms with Crippen LogP contribution in [-0.2, 0) is 14.8 Å². The van der Waals surface area contributed by atoms with Crippen molar-refractivity contribution in [3.05, 3.63) is 52.0 Å². The Hall–Kier alpha value is -1.80. The van der Waals surface area contributed by atoms with E-state index in [4.69, 9.17) is 27.9 Å². The first-order valence-corrected chi connectivity index (χ1v) is 10.2. The summed E-state index contributed by atoms with van der Waals surface area (Å²) >= 11 is 11.8. The van der Waals surface area contributed by atoms with Crippen LogP contribution in [0.15, 0.2) is 41.3 Å². The number of halogens is 2. The van der Waals surface area contributed by atoms with Gasteiger partial charge in [-0.2, -0.15) is 0 Å². The highest BCUT2D eigenvalue weighted by Crippen LogP contribution is 2.26. The molecule has 0 aliphatic carbocycles. The maximum Gasteiger partial charge on any atom is 0.265 e. The van der Waals surface area contributed by atoms with E-state index in [-0.39, 0.29) is 4.90 Å². The molecule has 1 amide bonds. The fourth-order valence-corrected chi connectivity index (χ4v) is 3.63. The standard InChI is InChI=1S/C18H20Cl2N2O4S/c1-11-5-6-16(27(24,25)22(3)4)10-17(11)21-18(23)12(2)26-15-8-13(19)7-14(20)9-15/h5-10,12H,1-4H3,(H,21,23). The zero-order chi connectivity index (χ0) is 20.4. The summed E-state index contributed by atoms with van der Waals surface area (Å²) in [7, 11) is -0.721. The van der Waals surface area contributed by atoms with E-state index >= 15 is 0 Å². The molecule has 1 atom stereocenters. The Kier molecular flexibility index (Phi) is 6.75. The SMILES string of the molecule is Cc1ccc(S(=O)(=O)N(C)C)cc1NC(=O)C(C)Oc1cc(Cl)cc(Cl)c1. The van der Waals surface area contributed by atoms with Gasteiger partial charge in [0.1, 0.15) is 5.75 Å². The minimum atomic E-state index is -3.61. The Morgan fingerprint density at radius 1 is 1.11 bits per heavy atom. The Morgan fingerprint density at radius 2 is 1.70 bits per heavy atom. The summed E-state index contributed by atoms with van der Waals surface area (Å²) in [5.74, 6) is -0.0793. The number of nitrogens with zero attached hydrogens (tertiary/aromatic N) is 1. The van der Waals surface area contributed by atoms with Crippen LogP contribution >= 0.6 is 23.2 Å². The molecule has 6 nitrogen and oxygen atoms in total. The Morgan fingerprint density at radius 3 is 2.26 bits per heavy atom. The second-order valence-electron chi connectivity index (χ2n) is 6.12. The summed E-state index contributed by atoms with van der Waals surface area (Å²) < 4.78 is 31.3. The van der Waals surface area contributed by atoms with Gasteiger partial charge in [0.05, 0.1) is 4.90 Å². The van der Waals surface area contributed by atoms with Gasteiger partial charge in [-0.15, -0.1) is 0 Å². The zero-order valence-electron chi connectivity index (χ0n) is 15.3. The van der Waals surface area contributed by atoms with Crippen molar-refractivity contribution < 1.29 is 17.9 Å². The molecule has 9 heteroatoms. The lowest BCUT2D eigenvalue weighted by molar-refractivity contribution is -0.122. The van der Waals surface area contributed by atoms with Gasteiger partial charge in [-0.1, -0.05) is 29.3 Å². The monoisotopic (exact) mass is 430 g/mol. The fraction of sp³-hybridized carbons (Fsp3) is 0.278. The van der Waals surface area contributed by atoms with Crippen molar-refractivity contribution in [3.8, 4) is 5.75 Å². The molecule has 27 heavy (non-hydrogen) atoms. The summed E-state index contributed by atoms with van der Waals surface area (Å²) in [5.41, 5.74) is 1.11. The highest BCUT2D eigenvalue weighted by molar-refractivity contribution is 7.89. The first-order chi connectivity index (χ1) is 12.5. The Balaban J connectivity index is 2.19. The number of benzene rings is 2. The van der Waals surface area contributed by atoms with E-state index in [1.165, 1.54) is 26.2 Å². The number of hydrogen-bond acceptors (Lipinski definition) is 4. The number of amides is 1. The van der Waals surface area contributed by atoms with Gasteiger partial charge in [0.15, 0.2) is 6.10 Å². The fourth-order valence-electron chi connectivity index (χ4n) is 2.20. The average molecular weight is 431 g/mol. The second kappa shape index (κ2) is 8.48.